The zero-order valence-corrected chi connectivity index (χ0v) is 12.2. The van der Waals surface area contributed by atoms with Crippen molar-refractivity contribution in [1.29, 1.82) is 0 Å². The molecule has 106 valence electrons. The fourth-order valence-electron chi connectivity index (χ4n) is 2.24. The smallest absolute Gasteiger partial charge is 0.242 e. The molecule has 2 N–H and O–H groups in total. The van der Waals surface area contributed by atoms with E-state index in [1.165, 1.54) is 18.4 Å². The Labute approximate surface area is 115 Å². The highest BCUT2D eigenvalue weighted by molar-refractivity contribution is 7.89. The van der Waals surface area contributed by atoms with Crippen molar-refractivity contribution in [2.75, 3.05) is 27.2 Å². The molecule has 19 heavy (non-hydrogen) atoms. The van der Waals surface area contributed by atoms with Crippen LogP contribution in [0.25, 0.3) is 0 Å². The van der Waals surface area contributed by atoms with Gasteiger partial charge < -0.3 is 5.73 Å². The fraction of sp³-hybridized carbons (Fsp3) is 0.538. The van der Waals surface area contributed by atoms with Gasteiger partial charge in [-0.3, -0.25) is 4.90 Å². The van der Waals surface area contributed by atoms with E-state index < -0.39 is 10.0 Å². The molecule has 0 aliphatic carbocycles. The zero-order valence-electron chi connectivity index (χ0n) is 11.4. The summed E-state index contributed by atoms with van der Waals surface area (Å²) in [6.07, 6.45) is 1.03. The molecule has 1 unspecified atom stereocenters. The molecule has 6 heteroatoms. The minimum absolute atomic E-state index is 0.272. The molecule has 0 saturated carbocycles. The van der Waals surface area contributed by atoms with Gasteiger partial charge in [-0.1, -0.05) is 12.1 Å². The molecule has 1 atom stereocenters. The lowest BCUT2D eigenvalue weighted by atomic mass is 10.2. The maximum Gasteiger partial charge on any atom is 0.242 e. The van der Waals surface area contributed by atoms with Crippen molar-refractivity contribution in [3.63, 3.8) is 0 Å². The lowest BCUT2D eigenvalue weighted by Gasteiger charge is -2.16. The Bertz CT molecular complexity index is 525. The number of hydrogen-bond donors (Lipinski definition) is 1. The van der Waals surface area contributed by atoms with Crippen molar-refractivity contribution in [2.45, 2.75) is 23.9 Å². The summed E-state index contributed by atoms with van der Waals surface area (Å²) in [5.74, 6) is 0. The molecule has 1 aromatic carbocycles. The van der Waals surface area contributed by atoms with Crippen LogP contribution in [0.4, 0.5) is 0 Å². The number of nitrogens with two attached hydrogens (primary N) is 1. The summed E-state index contributed by atoms with van der Waals surface area (Å²) in [7, 11) is -0.257. The quantitative estimate of drug-likeness (QED) is 0.872. The predicted octanol–water partition coefficient (Wildman–Crippen LogP) is 0.470. The van der Waals surface area contributed by atoms with Gasteiger partial charge in [0.05, 0.1) is 4.90 Å². The van der Waals surface area contributed by atoms with Gasteiger partial charge in [0.15, 0.2) is 0 Å². The number of nitrogens with zero attached hydrogens (tertiary/aromatic N) is 2. The number of likely N-dealkylation sites (tertiary alicyclic amines) is 1. The van der Waals surface area contributed by atoms with Crippen molar-refractivity contribution < 1.29 is 8.42 Å². The Morgan fingerprint density at radius 1 is 1.32 bits per heavy atom. The highest BCUT2D eigenvalue weighted by Gasteiger charge is 2.20. The molecule has 1 saturated heterocycles. The van der Waals surface area contributed by atoms with Crippen LogP contribution in [0.3, 0.4) is 0 Å². The normalized spacial score (nSPS) is 21.2. The van der Waals surface area contributed by atoms with Gasteiger partial charge in [-0.25, -0.2) is 12.7 Å². The Morgan fingerprint density at radius 3 is 2.42 bits per heavy atom. The molecule has 1 aromatic rings. The van der Waals surface area contributed by atoms with Gasteiger partial charge in [0.1, 0.15) is 0 Å². The summed E-state index contributed by atoms with van der Waals surface area (Å²) in [4.78, 5) is 2.62. The van der Waals surface area contributed by atoms with E-state index in [1.54, 1.807) is 12.1 Å². The minimum atomic E-state index is -3.33. The average molecular weight is 283 g/mol. The van der Waals surface area contributed by atoms with Crippen LogP contribution in [0.5, 0.6) is 0 Å². The number of rotatable bonds is 4. The van der Waals surface area contributed by atoms with Crippen molar-refractivity contribution in [2.24, 2.45) is 5.73 Å². The third kappa shape index (κ3) is 3.33. The van der Waals surface area contributed by atoms with E-state index in [9.17, 15) is 8.42 Å². The first-order chi connectivity index (χ1) is 8.89. The van der Waals surface area contributed by atoms with Gasteiger partial charge in [0.25, 0.3) is 0 Å². The Kier molecular flexibility index (Phi) is 4.25. The number of sulfonamides is 1. The average Bonchev–Trinajstić information content (AvgIpc) is 2.75. The second-order valence-electron chi connectivity index (χ2n) is 5.22. The fourth-order valence-corrected chi connectivity index (χ4v) is 3.14. The Balaban J connectivity index is 2.07. The first-order valence-corrected chi connectivity index (χ1v) is 7.83. The van der Waals surface area contributed by atoms with Crippen LogP contribution in [0, 0.1) is 0 Å². The van der Waals surface area contributed by atoms with Gasteiger partial charge >= 0.3 is 0 Å². The van der Waals surface area contributed by atoms with Gasteiger partial charge in [0, 0.05) is 39.8 Å². The van der Waals surface area contributed by atoms with Gasteiger partial charge in [-0.15, -0.1) is 0 Å². The lowest BCUT2D eigenvalue weighted by Crippen LogP contribution is -2.26. The van der Waals surface area contributed by atoms with Crippen LogP contribution < -0.4 is 5.73 Å². The summed E-state index contributed by atoms with van der Waals surface area (Å²) >= 11 is 0. The van der Waals surface area contributed by atoms with Crippen LogP contribution in [-0.2, 0) is 16.6 Å². The van der Waals surface area contributed by atoms with E-state index in [0.717, 1.165) is 31.6 Å². The van der Waals surface area contributed by atoms with Crippen molar-refractivity contribution in [3.8, 4) is 0 Å². The van der Waals surface area contributed by atoms with Crippen molar-refractivity contribution in [3.05, 3.63) is 29.8 Å². The molecule has 0 radical (unpaired) electrons. The highest BCUT2D eigenvalue weighted by atomic mass is 32.2. The van der Waals surface area contributed by atoms with Crippen LogP contribution in [0.2, 0.25) is 0 Å². The number of hydrogen-bond acceptors (Lipinski definition) is 4. The summed E-state index contributed by atoms with van der Waals surface area (Å²) in [5, 5.41) is 0. The molecular formula is C13H21N3O2S. The maximum atomic E-state index is 11.9. The van der Waals surface area contributed by atoms with E-state index in [2.05, 4.69) is 4.90 Å². The standard InChI is InChI=1S/C13H21N3O2S/c1-15(2)19(17,18)13-5-3-11(4-6-13)9-16-8-7-12(14)10-16/h3-6,12H,7-10,14H2,1-2H3. The molecule has 0 bridgehead atoms. The third-order valence-corrected chi connectivity index (χ3v) is 5.25. The summed E-state index contributed by atoms with van der Waals surface area (Å²) < 4.78 is 25.1. The van der Waals surface area contributed by atoms with Gasteiger partial charge in [0.2, 0.25) is 10.0 Å². The van der Waals surface area contributed by atoms with E-state index in [0.29, 0.717) is 4.90 Å². The topological polar surface area (TPSA) is 66.6 Å². The molecule has 2 rings (SSSR count). The van der Waals surface area contributed by atoms with Crippen LogP contribution in [0.1, 0.15) is 12.0 Å². The SMILES string of the molecule is CN(C)S(=O)(=O)c1ccc(CN2CCC(N)C2)cc1. The van der Waals surface area contributed by atoms with E-state index in [-0.39, 0.29) is 6.04 Å². The Morgan fingerprint density at radius 2 is 1.95 bits per heavy atom. The van der Waals surface area contributed by atoms with Crippen LogP contribution >= 0.6 is 0 Å². The largest absolute Gasteiger partial charge is 0.326 e. The molecule has 5 nitrogen and oxygen atoms in total. The van der Waals surface area contributed by atoms with Gasteiger partial charge in [-0.2, -0.15) is 0 Å². The lowest BCUT2D eigenvalue weighted by molar-refractivity contribution is 0.327. The second kappa shape index (κ2) is 5.58. The first-order valence-electron chi connectivity index (χ1n) is 6.39. The Hall–Kier alpha value is -0.950. The maximum absolute atomic E-state index is 11.9. The molecule has 0 amide bonds. The first kappa shape index (κ1) is 14.5. The summed E-state index contributed by atoms with van der Waals surface area (Å²) in [6.45, 7) is 2.76. The molecule has 0 spiro atoms. The molecule has 1 heterocycles. The molecule has 1 aliphatic rings. The molecule has 1 fully saturated rings. The number of benzene rings is 1. The van der Waals surface area contributed by atoms with E-state index in [4.69, 9.17) is 5.73 Å². The van der Waals surface area contributed by atoms with E-state index in [1.807, 2.05) is 12.1 Å². The van der Waals surface area contributed by atoms with Crippen LogP contribution in [-0.4, -0.2) is 50.8 Å². The molecule has 0 aromatic heterocycles. The summed E-state index contributed by atoms with van der Waals surface area (Å²) in [5.41, 5.74) is 6.98. The predicted molar refractivity (Wildman–Crippen MR) is 75.2 cm³/mol. The minimum Gasteiger partial charge on any atom is -0.326 e. The van der Waals surface area contributed by atoms with Crippen LogP contribution in [0.15, 0.2) is 29.2 Å². The summed E-state index contributed by atoms with van der Waals surface area (Å²) in [6, 6.07) is 7.36. The van der Waals surface area contributed by atoms with E-state index >= 15 is 0 Å². The highest BCUT2D eigenvalue weighted by Crippen LogP contribution is 2.16. The zero-order chi connectivity index (χ0) is 14.0. The third-order valence-electron chi connectivity index (χ3n) is 3.42. The van der Waals surface area contributed by atoms with Crippen molar-refractivity contribution in [1.82, 2.24) is 9.21 Å². The molecule has 1 aliphatic heterocycles. The van der Waals surface area contributed by atoms with Gasteiger partial charge in [-0.05, 0) is 24.1 Å². The van der Waals surface area contributed by atoms with Crippen molar-refractivity contribution >= 4 is 10.0 Å². The molecular weight excluding hydrogens is 262 g/mol. The second-order valence-corrected chi connectivity index (χ2v) is 7.37. The monoisotopic (exact) mass is 283 g/mol.